The van der Waals surface area contributed by atoms with Crippen LogP contribution in [0, 0.1) is 12.7 Å². The summed E-state index contributed by atoms with van der Waals surface area (Å²) < 4.78 is 52.5. The topological polar surface area (TPSA) is 64.2 Å². The molecule has 0 bridgehead atoms. The number of aromatic nitrogens is 2. The molecule has 0 unspecified atom stereocenters. The number of hydrogen-bond acceptors (Lipinski definition) is 4. The van der Waals surface area contributed by atoms with Gasteiger partial charge in [-0.3, -0.25) is 9.59 Å². The summed E-state index contributed by atoms with van der Waals surface area (Å²) in [5, 5.41) is 9.61. The van der Waals surface area contributed by atoms with E-state index in [9.17, 15) is 32.3 Å². The van der Waals surface area contributed by atoms with Gasteiger partial charge in [-0.1, -0.05) is 0 Å². The van der Waals surface area contributed by atoms with E-state index in [1.165, 1.54) is 6.92 Å². The van der Waals surface area contributed by atoms with Crippen molar-refractivity contribution in [1.82, 2.24) is 9.36 Å². The van der Waals surface area contributed by atoms with Gasteiger partial charge in [0.2, 0.25) is 11.8 Å². The molecule has 0 fully saturated rings. The van der Waals surface area contributed by atoms with Crippen LogP contribution >= 0.6 is 11.8 Å². The van der Waals surface area contributed by atoms with Crippen molar-refractivity contribution in [3.63, 3.8) is 0 Å². The summed E-state index contributed by atoms with van der Waals surface area (Å²) in [7, 11) is 0. The van der Waals surface area contributed by atoms with E-state index in [1.54, 1.807) is 0 Å². The van der Waals surface area contributed by atoms with E-state index in [4.69, 9.17) is 0 Å². The summed E-state index contributed by atoms with van der Waals surface area (Å²) in [6.45, 7) is 2.47. The summed E-state index contributed by atoms with van der Waals surface area (Å²) in [6, 6.07) is 2.72. The second-order valence-corrected chi connectivity index (χ2v) is 5.97. The van der Waals surface area contributed by atoms with Gasteiger partial charge in [-0.15, -0.1) is 11.8 Å². The number of thioether (sulfide) groups is 1. The summed E-state index contributed by atoms with van der Waals surface area (Å²) in [5.74, 6) is -3.56. The Hall–Kier alpha value is -2.23. The number of aromatic hydroxyl groups is 1. The molecule has 0 amide bonds. The molecule has 2 aromatic rings. The molecular weight excluding hydrogens is 352 g/mol. The predicted octanol–water partition coefficient (Wildman–Crippen LogP) is 3.11. The molecular formula is C14H12F4N2O3S. The van der Waals surface area contributed by atoms with Crippen LogP contribution in [0.25, 0.3) is 5.69 Å². The second kappa shape index (κ2) is 6.34. The lowest BCUT2D eigenvalue weighted by atomic mass is 10.2. The molecule has 0 radical (unpaired) electrons. The minimum atomic E-state index is -4.42. The van der Waals surface area contributed by atoms with Crippen LogP contribution in [0.4, 0.5) is 17.6 Å². The molecule has 1 heterocycles. The van der Waals surface area contributed by atoms with Crippen LogP contribution in [-0.2, 0) is 0 Å². The van der Waals surface area contributed by atoms with Gasteiger partial charge >= 0.3 is 6.18 Å². The lowest BCUT2D eigenvalue weighted by Gasteiger charge is -2.14. The Bertz CT molecular complexity index is 855. The molecule has 0 saturated heterocycles. The van der Waals surface area contributed by atoms with Crippen molar-refractivity contribution in [3.8, 4) is 11.6 Å². The third kappa shape index (κ3) is 3.64. The van der Waals surface area contributed by atoms with Crippen LogP contribution in [0.2, 0.25) is 0 Å². The molecule has 10 heteroatoms. The van der Waals surface area contributed by atoms with E-state index < -0.39 is 40.8 Å². The van der Waals surface area contributed by atoms with E-state index in [2.05, 4.69) is 0 Å². The first-order valence-electron chi connectivity index (χ1n) is 6.56. The van der Waals surface area contributed by atoms with Gasteiger partial charge < -0.3 is 5.11 Å². The fourth-order valence-electron chi connectivity index (χ4n) is 2.08. The molecule has 0 spiro atoms. The van der Waals surface area contributed by atoms with Gasteiger partial charge in [0.1, 0.15) is 11.5 Å². The Morgan fingerprint density at radius 1 is 1.29 bits per heavy atom. The Morgan fingerprint density at radius 3 is 2.46 bits per heavy atom. The van der Waals surface area contributed by atoms with E-state index in [1.807, 2.05) is 0 Å². The molecule has 0 aliphatic carbocycles. The number of carbonyl (C=O) groups excluding carboxylic acids is 1. The first-order valence-corrected chi connectivity index (χ1v) is 7.55. The van der Waals surface area contributed by atoms with Crippen molar-refractivity contribution in [2.24, 2.45) is 0 Å². The Morgan fingerprint density at radius 2 is 1.92 bits per heavy atom. The quantitative estimate of drug-likeness (QED) is 0.671. The zero-order valence-electron chi connectivity index (χ0n) is 12.5. The van der Waals surface area contributed by atoms with Crippen LogP contribution in [0.1, 0.15) is 17.3 Å². The number of halogens is 4. The van der Waals surface area contributed by atoms with Gasteiger partial charge in [-0.25, -0.2) is 9.07 Å². The number of nitrogens with zero attached hydrogens (tertiary/aromatic N) is 2. The zero-order valence-corrected chi connectivity index (χ0v) is 13.3. The van der Waals surface area contributed by atoms with Crippen LogP contribution in [0.3, 0.4) is 0 Å². The van der Waals surface area contributed by atoms with Crippen molar-refractivity contribution in [2.45, 2.75) is 24.9 Å². The first-order chi connectivity index (χ1) is 11.0. The molecule has 5 nitrogen and oxygen atoms in total. The summed E-state index contributed by atoms with van der Waals surface area (Å²) in [4.78, 5) is 23.6. The SMILES string of the molecule is CC(=O)n1c(O)cc(=O)n1-c1cc(SCC(F)(F)F)c(C)cc1F. The fraction of sp³-hybridized carbons (Fsp3) is 0.286. The van der Waals surface area contributed by atoms with E-state index in [0.29, 0.717) is 27.2 Å². The maximum Gasteiger partial charge on any atom is 0.398 e. The minimum absolute atomic E-state index is 0.103. The van der Waals surface area contributed by atoms with Crippen LogP contribution in [0.15, 0.2) is 27.9 Å². The van der Waals surface area contributed by atoms with E-state index in [-0.39, 0.29) is 10.5 Å². The molecule has 0 atom stereocenters. The Kier molecular flexibility index (Phi) is 4.79. The van der Waals surface area contributed by atoms with Gasteiger partial charge in [0.15, 0.2) is 0 Å². The molecule has 1 N–H and O–H groups in total. The van der Waals surface area contributed by atoms with E-state index >= 15 is 0 Å². The highest BCUT2D eigenvalue weighted by Crippen LogP contribution is 2.32. The molecule has 2 rings (SSSR count). The number of carbonyl (C=O) groups is 1. The van der Waals surface area contributed by atoms with Gasteiger partial charge in [0.05, 0.1) is 11.8 Å². The normalized spacial score (nSPS) is 11.8. The standard InChI is InChI=1S/C14H12F4N2O3S/c1-7-3-9(15)10(4-11(7)24-6-14(16,17)18)20-13(23)5-12(22)19(20)8(2)21/h3-5,22H,6H2,1-2H3. The largest absolute Gasteiger partial charge is 0.493 e. The van der Waals surface area contributed by atoms with Gasteiger partial charge in [0, 0.05) is 11.8 Å². The molecule has 1 aromatic heterocycles. The van der Waals surface area contributed by atoms with Crippen molar-refractivity contribution < 1.29 is 27.5 Å². The van der Waals surface area contributed by atoms with Gasteiger partial charge in [0.25, 0.3) is 5.56 Å². The highest BCUT2D eigenvalue weighted by atomic mass is 32.2. The number of aryl methyl sites for hydroxylation is 1. The van der Waals surface area contributed by atoms with Crippen LogP contribution in [0.5, 0.6) is 5.88 Å². The van der Waals surface area contributed by atoms with Crippen LogP contribution < -0.4 is 5.56 Å². The Balaban J connectivity index is 2.60. The number of alkyl halides is 3. The molecule has 1 aromatic carbocycles. The average molecular weight is 364 g/mol. The lowest BCUT2D eigenvalue weighted by molar-refractivity contribution is -0.105. The lowest BCUT2D eigenvalue weighted by Crippen LogP contribution is -2.25. The maximum absolute atomic E-state index is 14.2. The highest BCUT2D eigenvalue weighted by Gasteiger charge is 2.28. The third-order valence-electron chi connectivity index (χ3n) is 3.04. The monoisotopic (exact) mass is 364 g/mol. The van der Waals surface area contributed by atoms with Crippen molar-refractivity contribution in [2.75, 3.05) is 5.75 Å². The summed E-state index contributed by atoms with van der Waals surface area (Å²) in [5.41, 5.74) is -1.06. The molecule has 24 heavy (non-hydrogen) atoms. The van der Waals surface area contributed by atoms with E-state index in [0.717, 1.165) is 19.1 Å². The molecule has 130 valence electrons. The Labute approximate surface area is 137 Å². The number of benzene rings is 1. The van der Waals surface area contributed by atoms with Crippen molar-refractivity contribution in [3.05, 3.63) is 39.9 Å². The summed E-state index contributed by atoms with van der Waals surface area (Å²) in [6.07, 6.45) is -4.42. The number of hydrogen-bond donors (Lipinski definition) is 1. The molecule has 0 saturated carbocycles. The summed E-state index contributed by atoms with van der Waals surface area (Å²) >= 11 is 0.435. The highest BCUT2D eigenvalue weighted by molar-refractivity contribution is 7.99. The molecule has 0 aliphatic heterocycles. The maximum atomic E-state index is 14.2. The zero-order chi connectivity index (χ0) is 18.2. The molecule has 0 aliphatic rings. The smallest absolute Gasteiger partial charge is 0.398 e. The first kappa shape index (κ1) is 18.1. The van der Waals surface area contributed by atoms with Gasteiger partial charge in [-0.05, 0) is 24.6 Å². The average Bonchev–Trinajstić information content (AvgIpc) is 2.71. The van der Waals surface area contributed by atoms with Gasteiger partial charge in [-0.2, -0.15) is 17.9 Å². The van der Waals surface area contributed by atoms with Crippen molar-refractivity contribution >= 4 is 17.7 Å². The minimum Gasteiger partial charge on any atom is -0.493 e. The second-order valence-electron chi connectivity index (χ2n) is 4.96. The predicted molar refractivity (Wildman–Crippen MR) is 79.5 cm³/mol. The fourth-order valence-corrected chi connectivity index (χ4v) is 2.88. The van der Waals surface area contributed by atoms with Crippen LogP contribution in [-0.4, -0.2) is 32.3 Å². The van der Waals surface area contributed by atoms with Crippen molar-refractivity contribution in [1.29, 1.82) is 0 Å². The third-order valence-corrected chi connectivity index (χ3v) is 4.26. The number of rotatable bonds is 3.